The van der Waals surface area contributed by atoms with Gasteiger partial charge in [-0.3, -0.25) is 4.79 Å². The van der Waals surface area contributed by atoms with Crippen LogP contribution < -0.4 is 15.3 Å². The molecule has 2 heterocycles. The lowest BCUT2D eigenvalue weighted by Gasteiger charge is -2.23. The van der Waals surface area contributed by atoms with Gasteiger partial charge in [0.05, 0.1) is 19.5 Å². The van der Waals surface area contributed by atoms with Crippen molar-refractivity contribution in [2.45, 2.75) is 43.0 Å². The number of methoxy groups -OCH3 is 2. The third-order valence-corrected chi connectivity index (χ3v) is 5.90. The molecule has 2 N–H and O–H groups in total. The number of thioether (sulfide) groups is 1. The van der Waals surface area contributed by atoms with Gasteiger partial charge in [-0.05, 0) is 38.0 Å². The Morgan fingerprint density at radius 1 is 1.11 bits per heavy atom. The van der Waals surface area contributed by atoms with Crippen molar-refractivity contribution in [3.63, 3.8) is 0 Å². The van der Waals surface area contributed by atoms with Crippen molar-refractivity contribution in [3.8, 4) is 22.9 Å². The van der Waals surface area contributed by atoms with E-state index in [4.69, 9.17) is 15.3 Å². The number of carbonyl (C=O) groups excluding carboxylic acids is 1. The average molecular weight is 406 g/mol. The van der Waals surface area contributed by atoms with Crippen LogP contribution in [0.3, 0.4) is 0 Å². The molecule has 1 amide bonds. The zero-order valence-corrected chi connectivity index (χ0v) is 17.4. The second kappa shape index (κ2) is 9.18. The largest absolute Gasteiger partial charge is 0.493 e. The summed E-state index contributed by atoms with van der Waals surface area (Å²) < 4.78 is 12.0. The van der Waals surface area contributed by atoms with Crippen LogP contribution in [0.25, 0.3) is 11.4 Å². The van der Waals surface area contributed by atoms with Gasteiger partial charge in [-0.1, -0.05) is 24.6 Å². The van der Waals surface area contributed by atoms with Gasteiger partial charge in [0.2, 0.25) is 11.1 Å². The van der Waals surface area contributed by atoms with E-state index in [-0.39, 0.29) is 11.2 Å². The van der Waals surface area contributed by atoms with Gasteiger partial charge < -0.3 is 20.2 Å². The summed E-state index contributed by atoms with van der Waals surface area (Å²) in [4.78, 5) is 14.7. The van der Waals surface area contributed by atoms with Gasteiger partial charge in [0.1, 0.15) is 0 Å². The Hall–Kier alpha value is -2.42. The summed E-state index contributed by atoms with van der Waals surface area (Å²) in [5.74, 6) is 8.06. The number of hydrogen-bond donors (Lipinski definition) is 1. The monoisotopic (exact) mass is 405 g/mol. The number of carbonyl (C=O) groups is 1. The lowest BCUT2D eigenvalue weighted by molar-refractivity contribution is -0.130. The average Bonchev–Trinajstić information content (AvgIpc) is 2.91. The fourth-order valence-electron chi connectivity index (χ4n) is 3.29. The van der Waals surface area contributed by atoms with Crippen molar-refractivity contribution in [2.75, 3.05) is 33.2 Å². The summed E-state index contributed by atoms with van der Waals surface area (Å²) in [5.41, 5.74) is 0.756. The molecule has 1 aromatic carbocycles. The molecule has 1 fully saturated rings. The fraction of sp³-hybridized carbons (Fsp3) is 0.526. The summed E-state index contributed by atoms with van der Waals surface area (Å²) in [6.07, 6.45) is 4.52. The van der Waals surface area contributed by atoms with Gasteiger partial charge in [-0.25, -0.2) is 4.68 Å². The molecule has 0 aliphatic carbocycles. The van der Waals surface area contributed by atoms with E-state index in [2.05, 4.69) is 10.2 Å². The van der Waals surface area contributed by atoms with E-state index < -0.39 is 0 Å². The molecule has 8 nitrogen and oxygen atoms in total. The first kappa shape index (κ1) is 20.3. The Balaban J connectivity index is 1.75. The Labute approximate surface area is 169 Å². The van der Waals surface area contributed by atoms with Crippen LogP contribution in [-0.4, -0.2) is 58.2 Å². The van der Waals surface area contributed by atoms with E-state index in [0.29, 0.717) is 22.5 Å². The van der Waals surface area contributed by atoms with Crippen LogP contribution in [0.4, 0.5) is 0 Å². The van der Waals surface area contributed by atoms with Gasteiger partial charge >= 0.3 is 0 Å². The SMILES string of the molecule is COc1ccc(-c2nnc(SC(C)C(=O)N3CCCCCC3)n2N)cc1OC. The van der Waals surface area contributed by atoms with E-state index in [1.807, 2.05) is 17.9 Å². The predicted molar refractivity (Wildman–Crippen MR) is 109 cm³/mol. The van der Waals surface area contributed by atoms with E-state index >= 15 is 0 Å². The molecular weight excluding hydrogens is 378 g/mol. The molecule has 0 bridgehead atoms. The van der Waals surface area contributed by atoms with Crippen molar-refractivity contribution in [3.05, 3.63) is 18.2 Å². The smallest absolute Gasteiger partial charge is 0.235 e. The lowest BCUT2D eigenvalue weighted by atomic mass is 10.2. The second-order valence-electron chi connectivity index (χ2n) is 6.75. The number of aromatic nitrogens is 3. The Kier molecular flexibility index (Phi) is 6.66. The standard InChI is InChI=1S/C19H27N5O3S/c1-13(18(25)23-10-6-4-5-7-11-23)28-19-22-21-17(24(19)20)14-8-9-15(26-2)16(12-14)27-3/h8-9,12-13H,4-7,10-11,20H2,1-3H3. The third kappa shape index (κ3) is 4.35. The van der Waals surface area contributed by atoms with Crippen molar-refractivity contribution in [2.24, 2.45) is 0 Å². The maximum Gasteiger partial charge on any atom is 0.235 e. The van der Waals surface area contributed by atoms with Crippen LogP contribution in [0.5, 0.6) is 11.5 Å². The minimum Gasteiger partial charge on any atom is -0.493 e. The Morgan fingerprint density at radius 2 is 1.79 bits per heavy atom. The van der Waals surface area contributed by atoms with Crippen molar-refractivity contribution >= 4 is 17.7 Å². The number of nitrogens with two attached hydrogens (primary N) is 1. The second-order valence-corrected chi connectivity index (χ2v) is 8.05. The lowest BCUT2D eigenvalue weighted by Crippen LogP contribution is -2.37. The number of hydrogen-bond acceptors (Lipinski definition) is 7. The molecule has 0 radical (unpaired) electrons. The molecule has 1 aliphatic heterocycles. The molecule has 2 aromatic rings. The summed E-state index contributed by atoms with van der Waals surface area (Å²) in [6, 6.07) is 5.43. The Bertz CT molecular complexity index is 818. The number of ether oxygens (including phenoxy) is 2. The van der Waals surface area contributed by atoms with Crippen LogP contribution in [-0.2, 0) is 4.79 Å². The van der Waals surface area contributed by atoms with Crippen molar-refractivity contribution in [1.82, 2.24) is 19.8 Å². The van der Waals surface area contributed by atoms with Crippen molar-refractivity contribution < 1.29 is 14.3 Å². The highest BCUT2D eigenvalue weighted by Gasteiger charge is 2.25. The number of rotatable bonds is 6. The van der Waals surface area contributed by atoms with Crippen LogP contribution in [0.2, 0.25) is 0 Å². The van der Waals surface area contributed by atoms with E-state index in [1.54, 1.807) is 26.4 Å². The zero-order chi connectivity index (χ0) is 20.1. The number of likely N-dealkylation sites (tertiary alicyclic amines) is 1. The maximum atomic E-state index is 12.8. The quantitative estimate of drug-likeness (QED) is 0.583. The third-order valence-electron chi connectivity index (χ3n) is 4.85. The maximum absolute atomic E-state index is 12.8. The topological polar surface area (TPSA) is 95.5 Å². The summed E-state index contributed by atoms with van der Waals surface area (Å²) in [7, 11) is 3.16. The molecule has 1 atom stereocenters. The first-order valence-corrected chi connectivity index (χ1v) is 10.3. The minimum atomic E-state index is -0.275. The van der Waals surface area contributed by atoms with Gasteiger partial charge in [0.15, 0.2) is 17.3 Å². The molecule has 0 spiro atoms. The van der Waals surface area contributed by atoms with Crippen LogP contribution >= 0.6 is 11.8 Å². The van der Waals surface area contributed by atoms with E-state index in [0.717, 1.165) is 31.5 Å². The van der Waals surface area contributed by atoms with E-state index in [1.165, 1.54) is 29.3 Å². The predicted octanol–water partition coefficient (Wildman–Crippen LogP) is 2.56. The molecule has 9 heteroatoms. The molecule has 1 unspecified atom stereocenters. The first-order valence-electron chi connectivity index (χ1n) is 9.43. The van der Waals surface area contributed by atoms with Gasteiger partial charge in [0.25, 0.3) is 0 Å². The summed E-state index contributed by atoms with van der Waals surface area (Å²) in [5, 5.41) is 8.61. The summed E-state index contributed by atoms with van der Waals surface area (Å²) in [6.45, 7) is 3.55. The van der Waals surface area contributed by atoms with Gasteiger partial charge in [0, 0.05) is 18.7 Å². The van der Waals surface area contributed by atoms with Crippen LogP contribution in [0.15, 0.2) is 23.4 Å². The summed E-state index contributed by atoms with van der Waals surface area (Å²) >= 11 is 1.33. The molecular formula is C19H27N5O3S. The number of nitrogens with zero attached hydrogens (tertiary/aromatic N) is 4. The molecule has 1 saturated heterocycles. The minimum absolute atomic E-state index is 0.127. The highest BCUT2D eigenvalue weighted by molar-refractivity contribution is 8.00. The molecule has 3 rings (SSSR count). The molecule has 152 valence electrons. The fourth-order valence-corrected chi connectivity index (χ4v) is 4.14. The van der Waals surface area contributed by atoms with Crippen LogP contribution in [0, 0.1) is 0 Å². The zero-order valence-electron chi connectivity index (χ0n) is 16.6. The number of benzene rings is 1. The Morgan fingerprint density at radius 3 is 2.43 bits per heavy atom. The number of amides is 1. The van der Waals surface area contributed by atoms with Crippen LogP contribution in [0.1, 0.15) is 32.6 Å². The normalized spacial score (nSPS) is 15.8. The van der Waals surface area contributed by atoms with Gasteiger partial charge in [-0.2, -0.15) is 0 Å². The molecule has 1 aromatic heterocycles. The highest BCUT2D eigenvalue weighted by atomic mass is 32.2. The molecule has 0 saturated carbocycles. The highest BCUT2D eigenvalue weighted by Crippen LogP contribution is 2.32. The molecule has 1 aliphatic rings. The number of nitrogen functional groups attached to an aromatic ring is 1. The molecule has 28 heavy (non-hydrogen) atoms. The van der Waals surface area contributed by atoms with Crippen molar-refractivity contribution in [1.29, 1.82) is 0 Å². The van der Waals surface area contributed by atoms with E-state index in [9.17, 15) is 4.79 Å². The van der Waals surface area contributed by atoms with Gasteiger partial charge in [-0.15, -0.1) is 10.2 Å². The first-order chi connectivity index (χ1) is 13.5.